The molecule has 134 valence electrons. The summed E-state index contributed by atoms with van der Waals surface area (Å²) in [5.41, 5.74) is 5.78. The van der Waals surface area contributed by atoms with Crippen LogP contribution in [-0.4, -0.2) is 45.2 Å². The SMILES string of the molecule is COc1cc(OC)cc(C(=O)NC(C(=O)NCCCN)C(C)C)c1. The number of ether oxygens (including phenoxy) is 2. The van der Waals surface area contributed by atoms with Crippen molar-refractivity contribution >= 4 is 11.8 Å². The van der Waals surface area contributed by atoms with E-state index < -0.39 is 6.04 Å². The predicted molar refractivity (Wildman–Crippen MR) is 92.3 cm³/mol. The normalized spacial score (nSPS) is 11.8. The average Bonchev–Trinajstić information content (AvgIpc) is 2.58. The molecule has 1 unspecified atom stereocenters. The third kappa shape index (κ3) is 5.73. The molecule has 1 aromatic rings. The number of benzene rings is 1. The Morgan fingerprint density at radius 1 is 1.12 bits per heavy atom. The van der Waals surface area contributed by atoms with E-state index in [1.165, 1.54) is 14.2 Å². The number of methoxy groups -OCH3 is 2. The lowest BCUT2D eigenvalue weighted by Crippen LogP contribution is -2.50. The molecule has 2 amide bonds. The summed E-state index contributed by atoms with van der Waals surface area (Å²) in [6.45, 7) is 4.74. The minimum atomic E-state index is -0.632. The van der Waals surface area contributed by atoms with E-state index in [1.54, 1.807) is 18.2 Å². The molecule has 7 nitrogen and oxygen atoms in total. The van der Waals surface area contributed by atoms with Gasteiger partial charge >= 0.3 is 0 Å². The summed E-state index contributed by atoms with van der Waals surface area (Å²) >= 11 is 0. The highest BCUT2D eigenvalue weighted by atomic mass is 16.5. The van der Waals surface area contributed by atoms with Crippen molar-refractivity contribution < 1.29 is 19.1 Å². The van der Waals surface area contributed by atoms with Gasteiger partial charge < -0.3 is 25.8 Å². The Balaban J connectivity index is 2.87. The molecule has 0 saturated heterocycles. The van der Waals surface area contributed by atoms with Crippen LogP contribution >= 0.6 is 0 Å². The monoisotopic (exact) mass is 337 g/mol. The van der Waals surface area contributed by atoms with Crippen molar-refractivity contribution in [3.05, 3.63) is 23.8 Å². The highest BCUT2D eigenvalue weighted by Gasteiger charge is 2.24. The number of rotatable bonds is 9. The number of nitrogens with two attached hydrogens (primary N) is 1. The standard InChI is InChI=1S/C17H27N3O4/c1-11(2)15(17(22)19-7-5-6-18)20-16(21)12-8-13(23-3)10-14(9-12)24-4/h8-11,15H,5-7,18H2,1-4H3,(H,19,22)(H,20,21). The van der Waals surface area contributed by atoms with Crippen LogP contribution < -0.4 is 25.8 Å². The summed E-state index contributed by atoms with van der Waals surface area (Å²) in [4.78, 5) is 24.8. The molecule has 0 heterocycles. The van der Waals surface area contributed by atoms with Crippen molar-refractivity contribution in [2.24, 2.45) is 11.7 Å². The van der Waals surface area contributed by atoms with E-state index in [4.69, 9.17) is 15.2 Å². The van der Waals surface area contributed by atoms with Gasteiger partial charge in [0.05, 0.1) is 14.2 Å². The molecule has 1 aromatic carbocycles. The molecule has 0 aliphatic rings. The fourth-order valence-corrected chi connectivity index (χ4v) is 2.12. The number of hydrogen-bond donors (Lipinski definition) is 3. The van der Waals surface area contributed by atoms with E-state index in [0.717, 1.165) is 0 Å². The number of carbonyl (C=O) groups excluding carboxylic acids is 2. The second-order valence-electron chi connectivity index (χ2n) is 5.73. The minimum absolute atomic E-state index is 0.0562. The molecule has 0 aliphatic heterocycles. The van der Waals surface area contributed by atoms with Gasteiger partial charge in [-0.3, -0.25) is 9.59 Å². The zero-order valence-electron chi connectivity index (χ0n) is 14.7. The first-order chi connectivity index (χ1) is 11.4. The zero-order valence-corrected chi connectivity index (χ0v) is 14.7. The van der Waals surface area contributed by atoms with Crippen LogP contribution in [0.15, 0.2) is 18.2 Å². The summed E-state index contributed by atoms with van der Waals surface area (Å²) in [6, 6.07) is 4.24. The minimum Gasteiger partial charge on any atom is -0.497 e. The molecule has 0 aliphatic carbocycles. The van der Waals surface area contributed by atoms with Crippen LogP contribution in [0, 0.1) is 5.92 Å². The van der Waals surface area contributed by atoms with Gasteiger partial charge in [0, 0.05) is 18.2 Å². The summed E-state index contributed by atoms with van der Waals surface area (Å²) in [5, 5.41) is 5.55. The Labute approximate surface area is 142 Å². The molecule has 0 radical (unpaired) electrons. The molecule has 0 bridgehead atoms. The van der Waals surface area contributed by atoms with Crippen LogP contribution in [0.25, 0.3) is 0 Å². The Kier molecular flexibility index (Phi) is 8.05. The van der Waals surface area contributed by atoms with E-state index >= 15 is 0 Å². The van der Waals surface area contributed by atoms with Crippen LogP contribution in [0.5, 0.6) is 11.5 Å². The Hall–Kier alpha value is -2.28. The first-order valence-corrected chi connectivity index (χ1v) is 7.94. The van der Waals surface area contributed by atoms with Crippen molar-refractivity contribution in [1.29, 1.82) is 0 Å². The lowest BCUT2D eigenvalue weighted by Gasteiger charge is -2.22. The van der Waals surface area contributed by atoms with Gasteiger partial charge in [-0.25, -0.2) is 0 Å². The van der Waals surface area contributed by atoms with Crippen LogP contribution in [0.1, 0.15) is 30.6 Å². The molecule has 0 saturated carbocycles. The summed E-state index contributed by atoms with van der Waals surface area (Å²) in [5.74, 6) is 0.377. The van der Waals surface area contributed by atoms with Gasteiger partial charge in [0.15, 0.2) is 0 Å². The highest BCUT2D eigenvalue weighted by Crippen LogP contribution is 2.22. The largest absolute Gasteiger partial charge is 0.497 e. The van der Waals surface area contributed by atoms with E-state index in [-0.39, 0.29) is 17.7 Å². The van der Waals surface area contributed by atoms with Crippen molar-refractivity contribution in [3.8, 4) is 11.5 Å². The number of nitrogens with one attached hydrogen (secondary N) is 2. The molecule has 7 heteroatoms. The second kappa shape index (κ2) is 9.77. The summed E-state index contributed by atoms with van der Waals surface area (Å²) < 4.78 is 10.3. The molecule has 0 fully saturated rings. The summed E-state index contributed by atoms with van der Waals surface area (Å²) in [6.07, 6.45) is 0.692. The first kappa shape index (κ1) is 19.8. The molecular weight excluding hydrogens is 310 g/mol. The molecule has 24 heavy (non-hydrogen) atoms. The third-order valence-corrected chi connectivity index (χ3v) is 3.53. The summed E-state index contributed by atoms with van der Waals surface area (Å²) in [7, 11) is 3.02. The molecule has 1 rings (SSSR count). The predicted octanol–water partition coefficient (Wildman–Crippen LogP) is 0.923. The third-order valence-electron chi connectivity index (χ3n) is 3.53. The van der Waals surface area contributed by atoms with Gasteiger partial charge in [-0.05, 0) is 31.0 Å². The molecule has 1 atom stereocenters. The van der Waals surface area contributed by atoms with Crippen LogP contribution in [0.2, 0.25) is 0 Å². The van der Waals surface area contributed by atoms with Crippen LogP contribution in [0.4, 0.5) is 0 Å². The van der Waals surface area contributed by atoms with Crippen LogP contribution in [0.3, 0.4) is 0 Å². The molecule has 4 N–H and O–H groups in total. The lowest BCUT2D eigenvalue weighted by atomic mass is 10.0. The van der Waals surface area contributed by atoms with Gasteiger partial charge in [-0.15, -0.1) is 0 Å². The number of carbonyl (C=O) groups is 2. The van der Waals surface area contributed by atoms with Gasteiger partial charge in [0.25, 0.3) is 5.91 Å². The van der Waals surface area contributed by atoms with Crippen molar-refractivity contribution in [1.82, 2.24) is 10.6 Å². The molecule has 0 spiro atoms. The highest BCUT2D eigenvalue weighted by molar-refractivity contribution is 5.98. The number of hydrogen-bond acceptors (Lipinski definition) is 5. The van der Waals surface area contributed by atoms with E-state index in [9.17, 15) is 9.59 Å². The maximum Gasteiger partial charge on any atom is 0.252 e. The quantitative estimate of drug-likeness (QED) is 0.582. The Bertz CT molecular complexity index is 539. The Morgan fingerprint density at radius 2 is 1.71 bits per heavy atom. The van der Waals surface area contributed by atoms with Gasteiger partial charge in [-0.1, -0.05) is 13.8 Å². The van der Waals surface area contributed by atoms with E-state index in [0.29, 0.717) is 36.6 Å². The molecular formula is C17H27N3O4. The van der Waals surface area contributed by atoms with E-state index in [1.807, 2.05) is 13.8 Å². The van der Waals surface area contributed by atoms with Crippen molar-refractivity contribution in [2.45, 2.75) is 26.3 Å². The first-order valence-electron chi connectivity index (χ1n) is 7.94. The molecule has 0 aromatic heterocycles. The van der Waals surface area contributed by atoms with Crippen molar-refractivity contribution in [2.75, 3.05) is 27.3 Å². The number of amides is 2. The van der Waals surface area contributed by atoms with E-state index in [2.05, 4.69) is 10.6 Å². The van der Waals surface area contributed by atoms with Gasteiger partial charge in [0.1, 0.15) is 17.5 Å². The van der Waals surface area contributed by atoms with Crippen LogP contribution in [-0.2, 0) is 4.79 Å². The average molecular weight is 337 g/mol. The maximum absolute atomic E-state index is 12.5. The fraction of sp³-hybridized carbons (Fsp3) is 0.529. The van der Waals surface area contributed by atoms with Gasteiger partial charge in [-0.2, -0.15) is 0 Å². The Morgan fingerprint density at radius 3 is 2.17 bits per heavy atom. The second-order valence-corrected chi connectivity index (χ2v) is 5.73. The van der Waals surface area contributed by atoms with Crippen molar-refractivity contribution in [3.63, 3.8) is 0 Å². The topological polar surface area (TPSA) is 103 Å². The van der Waals surface area contributed by atoms with Gasteiger partial charge in [0.2, 0.25) is 5.91 Å². The fourth-order valence-electron chi connectivity index (χ4n) is 2.12. The lowest BCUT2D eigenvalue weighted by molar-refractivity contribution is -0.123. The smallest absolute Gasteiger partial charge is 0.252 e. The zero-order chi connectivity index (χ0) is 18.1. The maximum atomic E-state index is 12.5.